The Kier molecular flexibility index (Phi) is 7.54. The van der Waals surface area contributed by atoms with Crippen molar-refractivity contribution in [2.45, 2.75) is 19.5 Å². The highest BCUT2D eigenvalue weighted by atomic mass is 19.1. The summed E-state index contributed by atoms with van der Waals surface area (Å²) in [6, 6.07) is 15.7. The Balaban J connectivity index is 1.45. The van der Waals surface area contributed by atoms with Gasteiger partial charge in [-0.2, -0.15) is 0 Å². The van der Waals surface area contributed by atoms with Crippen LogP contribution in [-0.2, 0) is 16.1 Å². The van der Waals surface area contributed by atoms with Crippen molar-refractivity contribution in [1.82, 2.24) is 14.7 Å². The molecule has 1 heterocycles. The third kappa shape index (κ3) is 6.11. The summed E-state index contributed by atoms with van der Waals surface area (Å²) < 4.78 is 13.3. The first-order chi connectivity index (χ1) is 14.4. The molecule has 1 saturated heterocycles. The van der Waals surface area contributed by atoms with Crippen molar-refractivity contribution in [3.63, 3.8) is 0 Å². The SMILES string of the molecule is C[C@@H](C(=O)N1CCN(Cc2ccccc2)CC1)N(C)CC(=O)Nc1cccc(F)c1. The number of nitrogens with zero attached hydrogens (tertiary/aromatic N) is 3. The van der Waals surface area contributed by atoms with Gasteiger partial charge in [-0.15, -0.1) is 0 Å². The molecule has 3 rings (SSSR count). The molecule has 6 nitrogen and oxygen atoms in total. The molecular weight excluding hydrogens is 383 g/mol. The molecule has 7 heteroatoms. The average Bonchev–Trinajstić information content (AvgIpc) is 2.74. The Morgan fingerprint density at radius 3 is 2.43 bits per heavy atom. The van der Waals surface area contributed by atoms with Gasteiger partial charge in [0.15, 0.2) is 0 Å². The molecule has 160 valence electrons. The van der Waals surface area contributed by atoms with Crippen molar-refractivity contribution in [2.75, 3.05) is 45.1 Å². The van der Waals surface area contributed by atoms with Crippen LogP contribution < -0.4 is 5.32 Å². The highest BCUT2D eigenvalue weighted by Gasteiger charge is 2.27. The summed E-state index contributed by atoms with van der Waals surface area (Å²) in [7, 11) is 1.75. The van der Waals surface area contributed by atoms with Crippen LogP contribution in [0.5, 0.6) is 0 Å². The van der Waals surface area contributed by atoms with Crippen molar-refractivity contribution >= 4 is 17.5 Å². The van der Waals surface area contributed by atoms with Crippen molar-refractivity contribution in [1.29, 1.82) is 0 Å². The highest BCUT2D eigenvalue weighted by molar-refractivity contribution is 5.92. The summed E-state index contributed by atoms with van der Waals surface area (Å²) in [5.41, 5.74) is 1.68. The van der Waals surface area contributed by atoms with Gasteiger partial charge in [0.1, 0.15) is 5.82 Å². The van der Waals surface area contributed by atoms with Crippen molar-refractivity contribution in [3.05, 3.63) is 66.0 Å². The Bertz CT molecular complexity index is 853. The lowest BCUT2D eigenvalue weighted by Crippen LogP contribution is -2.54. The smallest absolute Gasteiger partial charge is 0.239 e. The van der Waals surface area contributed by atoms with Crippen LogP contribution in [-0.4, -0.2) is 72.3 Å². The van der Waals surface area contributed by atoms with E-state index in [0.717, 1.165) is 19.6 Å². The molecule has 0 radical (unpaired) electrons. The number of carbonyl (C=O) groups is 2. The largest absolute Gasteiger partial charge is 0.339 e. The standard InChI is InChI=1S/C23H29FN4O2/c1-18(26(2)17-22(29)25-21-10-6-9-20(24)15-21)23(30)28-13-11-27(12-14-28)16-19-7-4-3-5-8-19/h3-10,15,18H,11-14,16-17H2,1-2H3,(H,25,29)/t18-/m0/s1. The fourth-order valence-corrected chi connectivity index (χ4v) is 3.55. The van der Waals surface area contributed by atoms with Gasteiger partial charge >= 0.3 is 0 Å². The molecule has 0 saturated carbocycles. The van der Waals surface area contributed by atoms with Crippen LogP contribution in [0, 0.1) is 5.82 Å². The second kappa shape index (κ2) is 10.3. The van der Waals surface area contributed by atoms with Gasteiger partial charge in [-0.25, -0.2) is 4.39 Å². The minimum atomic E-state index is -0.413. The van der Waals surface area contributed by atoms with Gasteiger partial charge in [0.05, 0.1) is 12.6 Å². The third-order valence-electron chi connectivity index (χ3n) is 5.45. The zero-order valence-electron chi connectivity index (χ0n) is 17.6. The molecule has 2 aromatic carbocycles. The van der Waals surface area contributed by atoms with E-state index in [1.165, 1.54) is 23.8 Å². The zero-order chi connectivity index (χ0) is 21.5. The van der Waals surface area contributed by atoms with E-state index in [1.54, 1.807) is 18.0 Å². The second-order valence-corrected chi connectivity index (χ2v) is 7.74. The summed E-state index contributed by atoms with van der Waals surface area (Å²) in [4.78, 5) is 31.1. The van der Waals surface area contributed by atoms with Crippen LogP contribution in [0.25, 0.3) is 0 Å². The summed E-state index contributed by atoms with van der Waals surface area (Å²) in [5.74, 6) is -0.665. The van der Waals surface area contributed by atoms with Gasteiger partial charge in [0, 0.05) is 38.4 Å². The van der Waals surface area contributed by atoms with Crippen LogP contribution in [0.15, 0.2) is 54.6 Å². The maximum absolute atomic E-state index is 13.3. The number of benzene rings is 2. The van der Waals surface area contributed by atoms with Crippen LogP contribution in [0.1, 0.15) is 12.5 Å². The van der Waals surface area contributed by atoms with Gasteiger partial charge in [0.2, 0.25) is 11.8 Å². The molecule has 1 N–H and O–H groups in total. The molecule has 2 aromatic rings. The molecule has 30 heavy (non-hydrogen) atoms. The van der Waals surface area contributed by atoms with Crippen molar-refractivity contribution < 1.29 is 14.0 Å². The number of likely N-dealkylation sites (N-methyl/N-ethyl adjacent to an activating group) is 1. The van der Waals surface area contributed by atoms with Gasteiger partial charge in [-0.1, -0.05) is 36.4 Å². The summed E-state index contributed by atoms with van der Waals surface area (Å²) in [6.45, 7) is 5.77. The lowest BCUT2D eigenvalue weighted by atomic mass is 10.2. The number of anilines is 1. The number of hydrogen-bond donors (Lipinski definition) is 1. The van der Waals surface area contributed by atoms with E-state index in [9.17, 15) is 14.0 Å². The molecule has 0 aliphatic carbocycles. The predicted molar refractivity (Wildman–Crippen MR) is 115 cm³/mol. The fraction of sp³-hybridized carbons (Fsp3) is 0.391. The molecular formula is C23H29FN4O2. The third-order valence-corrected chi connectivity index (χ3v) is 5.45. The number of rotatable bonds is 7. The number of piperazine rings is 1. The van der Waals surface area contributed by atoms with Gasteiger partial charge in [-0.3, -0.25) is 19.4 Å². The predicted octanol–water partition coefficient (Wildman–Crippen LogP) is 2.43. The topological polar surface area (TPSA) is 55.9 Å². The fourth-order valence-electron chi connectivity index (χ4n) is 3.55. The lowest BCUT2D eigenvalue weighted by Gasteiger charge is -2.37. The van der Waals surface area contributed by atoms with E-state index in [-0.39, 0.29) is 18.4 Å². The molecule has 2 amide bonds. The van der Waals surface area contributed by atoms with Crippen LogP contribution in [0.4, 0.5) is 10.1 Å². The number of nitrogens with one attached hydrogen (secondary N) is 1. The molecule has 0 unspecified atom stereocenters. The van der Waals surface area contributed by atoms with Gasteiger partial charge in [0.25, 0.3) is 0 Å². The van der Waals surface area contributed by atoms with Gasteiger partial charge < -0.3 is 10.2 Å². The van der Waals surface area contributed by atoms with E-state index in [1.807, 2.05) is 30.0 Å². The molecule has 1 aliphatic heterocycles. The van der Waals surface area contributed by atoms with E-state index in [0.29, 0.717) is 18.8 Å². The molecule has 0 aromatic heterocycles. The second-order valence-electron chi connectivity index (χ2n) is 7.74. The Morgan fingerprint density at radius 2 is 1.77 bits per heavy atom. The Hall–Kier alpha value is -2.77. The van der Waals surface area contributed by atoms with Crippen molar-refractivity contribution in [3.8, 4) is 0 Å². The van der Waals surface area contributed by atoms with E-state index in [2.05, 4.69) is 22.3 Å². The van der Waals surface area contributed by atoms with Crippen LogP contribution in [0.3, 0.4) is 0 Å². The summed E-state index contributed by atoms with van der Waals surface area (Å²) >= 11 is 0. The first-order valence-corrected chi connectivity index (χ1v) is 10.2. The van der Waals surface area contributed by atoms with Crippen LogP contribution in [0.2, 0.25) is 0 Å². The first-order valence-electron chi connectivity index (χ1n) is 10.2. The molecule has 1 atom stereocenters. The number of amides is 2. The lowest BCUT2D eigenvalue weighted by molar-refractivity contribution is -0.138. The molecule has 1 fully saturated rings. The Labute approximate surface area is 177 Å². The minimum Gasteiger partial charge on any atom is -0.339 e. The summed E-state index contributed by atoms with van der Waals surface area (Å²) in [5, 5.41) is 2.66. The molecule has 0 bridgehead atoms. The summed E-state index contributed by atoms with van der Waals surface area (Å²) in [6.07, 6.45) is 0. The van der Waals surface area contributed by atoms with Gasteiger partial charge in [-0.05, 0) is 37.7 Å². The van der Waals surface area contributed by atoms with Crippen molar-refractivity contribution in [2.24, 2.45) is 0 Å². The van der Waals surface area contributed by atoms with E-state index >= 15 is 0 Å². The maximum atomic E-state index is 13.3. The maximum Gasteiger partial charge on any atom is 0.239 e. The normalized spacial score (nSPS) is 15.8. The number of hydrogen-bond acceptors (Lipinski definition) is 4. The van der Waals surface area contributed by atoms with E-state index < -0.39 is 11.9 Å². The molecule has 1 aliphatic rings. The van der Waals surface area contributed by atoms with E-state index in [4.69, 9.17) is 0 Å². The first kappa shape index (κ1) is 21.9. The molecule has 0 spiro atoms. The number of carbonyl (C=O) groups excluding carboxylic acids is 2. The minimum absolute atomic E-state index is 0.0235. The highest BCUT2D eigenvalue weighted by Crippen LogP contribution is 2.12. The van der Waals surface area contributed by atoms with Crippen LogP contribution >= 0.6 is 0 Å². The quantitative estimate of drug-likeness (QED) is 0.759. The Morgan fingerprint density at radius 1 is 1.07 bits per heavy atom. The average molecular weight is 413 g/mol. The monoisotopic (exact) mass is 412 g/mol. The number of halogens is 1. The zero-order valence-corrected chi connectivity index (χ0v) is 17.6.